The van der Waals surface area contributed by atoms with E-state index in [1.54, 1.807) is 11.3 Å². The zero-order valence-electron chi connectivity index (χ0n) is 16.0. The number of rotatable bonds is 4. The number of aromatic nitrogens is 2. The van der Waals surface area contributed by atoms with Gasteiger partial charge in [-0.3, -0.25) is 14.9 Å². The zero-order valence-corrected chi connectivity index (χ0v) is 16.9. The summed E-state index contributed by atoms with van der Waals surface area (Å²) in [5.41, 5.74) is 9.10. The van der Waals surface area contributed by atoms with E-state index in [2.05, 4.69) is 68.9 Å². The Morgan fingerprint density at radius 2 is 2.00 bits per heavy atom. The second-order valence-electron chi connectivity index (χ2n) is 8.01. The van der Waals surface area contributed by atoms with Gasteiger partial charge in [-0.2, -0.15) is 16.4 Å². The van der Waals surface area contributed by atoms with Crippen LogP contribution < -0.4 is 0 Å². The van der Waals surface area contributed by atoms with Crippen molar-refractivity contribution in [3.05, 3.63) is 51.7 Å². The Balaban J connectivity index is 1.35. The quantitative estimate of drug-likeness (QED) is 0.577. The van der Waals surface area contributed by atoms with E-state index in [1.807, 2.05) is 0 Å². The first-order valence-electron chi connectivity index (χ1n) is 9.87. The Morgan fingerprint density at radius 3 is 2.74 bits per heavy atom. The molecular weight excluding hydrogens is 352 g/mol. The number of nitrogens with zero attached hydrogens (tertiary/aromatic N) is 3. The van der Waals surface area contributed by atoms with Crippen molar-refractivity contribution in [3.8, 4) is 22.5 Å². The fourth-order valence-corrected chi connectivity index (χ4v) is 5.03. The average molecular weight is 379 g/mol. The predicted molar refractivity (Wildman–Crippen MR) is 112 cm³/mol. The second-order valence-corrected chi connectivity index (χ2v) is 8.79. The van der Waals surface area contributed by atoms with Gasteiger partial charge in [-0.05, 0) is 42.5 Å². The molecule has 0 saturated carbocycles. The van der Waals surface area contributed by atoms with Crippen LogP contribution >= 0.6 is 11.3 Å². The first-order valence-corrected chi connectivity index (χ1v) is 10.8. The lowest BCUT2D eigenvalue weighted by atomic mass is 10.0. The summed E-state index contributed by atoms with van der Waals surface area (Å²) in [7, 11) is 0. The molecule has 2 aliphatic rings. The molecule has 140 valence electrons. The Bertz CT molecular complexity index is 933. The molecule has 0 spiro atoms. The van der Waals surface area contributed by atoms with Crippen LogP contribution in [0.25, 0.3) is 22.5 Å². The highest BCUT2D eigenvalue weighted by molar-refractivity contribution is 7.08. The molecule has 0 atom stereocenters. The molecular formula is C22H26N4S. The summed E-state index contributed by atoms with van der Waals surface area (Å²) in [5.74, 6) is 0. The van der Waals surface area contributed by atoms with Gasteiger partial charge in [-0.25, -0.2) is 0 Å². The minimum atomic E-state index is 0.656. The van der Waals surface area contributed by atoms with Crippen LogP contribution in [0.15, 0.2) is 35.0 Å². The lowest BCUT2D eigenvalue weighted by Crippen LogP contribution is -2.48. The highest BCUT2D eigenvalue weighted by Crippen LogP contribution is 2.40. The van der Waals surface area contributed by atoms with Crippen molar-refractivity contribution in [3.63, 3.8) is 0 Å². The van der Waals surface area contributed by atoms with Crippen LogP contribution in [0.2, 0.25) is 0 Å². The maximum atomic E-state index is 4.62. The number of fused-ring (bicyclic) bond motifs is 3. The van der Waals surface area contributed by atoms with E-state index in [4.69, 9.17) is 0 Å². The summed E-state index contributed by atoms with van der Waals surface area (Å²) < 4.78 is 0. The van der Waals surface area contributed by atoms with E-state index in [1.165, 1.54) is 46.6 Å². The van der Waals surface area contributed by atoms with Gasteiger partial charge in [0.25, 0.3) is 0 Å². The van der Waals surface area contributed by atoms with Gasteiger partial charge < -0.3 is 0 Å². The molecule has 2 aromatic heterocycles. The lowest BCUT2D eigenvalue weighted by Gasteiger charge is -2.37. The van der Waals surface area contributed by atoms with Crippen molar-refractivity contribution in [1.82, 2.24) is 20.0 Å². The summed E-state index contributed by atoms with van der Waals surface area (Å²) in [6.07, 6.45) is 0.986. The number of aromatic amines is 1. The maximum absolute atomic E-state index is 4.62. The van der Waals surface area contributed by atoms with E-state index in [0.717, 1.165) is 31.7 Å². The van der Waals surface area contributed by atoms with E-state index in [-0.39, 0.29) is 0 Å². The number of benzene rings is 1. The molecule has 0 bridgehead atoms. The molecule has 1 aromatic carbocycles. The minimum absolute atomic E-state index is 0.656. The van der Waals surface area contributed by atoms with Gasteiger partial charge in [0.2, 0.25) is 0 Å². The SMILES string of the molecule is CC(C)N1CCN(Cc2ccc3c(c2)-c2[nH]nc(-c4ccsc4)c2C3)CC1. The third kappa shape index (κ3) is 3.14. The number of nitrogens with one attached hydrogen (secondary N) is 1. The monoisotopic (exact) mass is 378 g/mol. The van der Waals surface area contributed by atoms with Gasteiger partial charge in [-0.1, -0.05) is 12.1 Å². The highest BCUT2D eigenvalue weighted by atomic mass is 32.1. The molecule has 5 rings (SSSR count). The molecule has 1 N–H and O–H groups in total. The third-order valence-corrected chi connectivity index (χ3v) is 6.70. The van der Waals surface area contributed by atoms with Crippen molar-refractivity contribution in [2.24, 2.45) is 0 Å². The van der Waals surface area contributed by atoms with E-state index in [0.29, 0.717) is 6.04 Å². The number of H-pyrrole nitrogens is 1. The van der Waals surface area contributed by atoms with Crippen molar-refractivity contribution >= 4 is 11.3 Å². The van der Waals surface area contributed by atoms with Crippen molar-refractivity contribution in [1.29, 1.82) is 0 Å². The number of piperazine rings is 1. The van der Waals surface area contributed by atoms with Crippen LogP contribution in [0.1, 0.15) is 30.5 Å². The number of thiophene rings is 1. The van der Waals surface area contributed by atoms with Gasteiger partial charge in [0, 0.05) is 67.3 Å². The van der Waals surface area contributed by atoms with Crippen LogP contribution in [-0.4, -0.2) is 52.2 Å². The Morgan fingerprint density at radius 1 is 1.15 bits per heavy atom. The third-order valence-electron chi connectivity index (χ3n) is 6.02. The molecule has 0 amide bonds. The molecule has 3 aromatic rings. The van der Waals surface area contributed by atoms with Crippen LogP contribution in [0.4, 0.5) is 0 Å². The van der Waals surface area contributed by atoms with Gasteiger partial charge in [0.15, 0.2) is 0 Å². The minimum Gasteiger partial charge on any atom is -0.298 e. The Kier molecular flexibility index (Phi) is 4.38. The largest absolute Gasteiger partial charge is 0.298 e. The highest BCUT2D eigenvalue weighted by Gasteiger charge is 2.26. The fourth-order valence-electron chi connectivity index (χ4n) is 4.39. The predicted octanol–water partition coefficient (Wildman–Crippen LogP) is 4.24. The molecule has 4 nitrogen and oxygen atoms in total. The fraction of sp³-hybridized carbons (Fsp3) is 0.409. The van der Waals surface area contributed by atoms with Gasteiger partial charge in [-0.15, -0.1) is 0 Å². The first-order chi connectivity index (χ1) is 13.2. The summed E-state index contributed by atoms with van der Waals surface area (Å²) >= 11 is 1.73. The van der Waals surface area contributed by atoms with Crippen molar-refractivity contribution in [2.75, 3.05) is 26.2 Å². The molecule has 3 heterocycles. The summed E-state index contributed by atoms with van der Waals surface area (Å²) in [6, 6.07) is 9.83. The lowest BCUT2D eigenvalue weighted by molar-refractivity contribution is 0.104. The Labute approximate surface area is 164 Å². The van der Waals surface area contributed by atoms with Crippen LogP contribution in [0.3, 0.4) is 0 Å². The number of hydrogen-bond acceptors (Lipinski definition) is 4. The van der Waals surface area contributed by atoms with Crippen molar-refractivity contribution in [2.45, 2.75) is 32.9 Å². The smallest absolute Gasteiger partial charge is 0.0970 e. The zero-order chi connectivity index (χ0) is 18.4. The normalized spacial score (nSPS) is 17.4. The van der Waals surface area contributed by atoms with E-state index < -0.39 is 0 Å². The first kappa shape index (κ1) is 17.2. The maximum Gasteiger partial charge on any atom is 0.0970 e. The molecule has 1 aliphatic carbocycles. The van der Waals surface area contributed by atoms with Crippen molar-refractivity contribution < 1.29 is 0 Å². The van der Waals surface area contributed by atoms with E-state index in [9.17, 15) is 0 Å². The molecule has 0 radical (unpaired) electrons. The van der Waals surface area contributed by atoms with Crippen LogP contribution in [0.5, 0.6) is 0 Å². The molecule has 1 saturated heterocycles. The molecule has 1 fully saturated rings. The summed E-state index contributed by atoms with van der Waals surface area (Å²) in [6.45, 7) is 10.3. The summed E-state index contributed by atoms with van der Waals surface area (Å²) in [4.78, 5) is 5.16. The van der Waals surface area contributed by atoms with Gasteiger partial charge in [0.05, 0.1) is 11.4 Å². The summed E-state index contributed by atoms with van der Waals surface area (Å²) in [5, 5.41) is 12.2. The van der Waals surface area contributed by atoms with E-state index >= 15 is 0 Å². The topological polar surface area (TPSA) is 35.2 Å². The van der Waals surface area contributed by atoms with Gasteiger partial charge in [0.1, 0.15) is 0 Å². The average Bonchev–Trinajstić information content (AvgIpc) is 3.38. The second kappa shape index (κ2) is 6.89. The molecule has 1 aliphatic heterocycles. The molecule has 5 heteroatoms. The van der Waals surface area contributed by atoms with Crippen LogP contribution in [0, 0.1) is 0 Å². The molecule has 0 unspecified atom stereocenters. The molecule has 27 heavy (non-hydrogen) atoms. The van der Waals surface area contributed by atoms with Crippen LogP contribution in [-0.2, 0) is 13.0 Å². The Hall–Kier alpha value is -1.95. The standard InChI is InChI=1S/C22H26N4S/c1-15(2)26-8-6-25(7-9-26)13-16-3-4-17-12-20-21(18-5-10-27-14-18)23-24-22(20)19(17)11-16/h3-5,10-11,14-15H,6-9,12-13H2,1-2H3,(H,23,24). The van der Waals surface area contributed by atoms with Gasteiger partial charge >= 0.3 is 0 Å². The number of hydrogen-bond donors (Lipinski definition) is 1.